The predicted octanol–water partition coefficient (Wildman–Crippen LogP) is 2.49. The number of carbonyl (C=O) groups excluding carboxylic acids is 2. The Balaban J connectivity index is 2.55. The highest BCUT2D eigenvalue weighted by Gasteiger charge is 2.45. The molecule has 1 atom stereocenters. The molecule has 1 saturated heterocycles. The number of likely N-dealkylation sites (N-methyl/N-ethyl adjacent to an activating group) is 1. The van der Waals surface area contributed by atoms with Crippen molar-refractivity contribution in [2.75, 3.05) is 11.9 Å². The van der Waals surface area contributed by atoms with Crippen LogP contribution in [0, 0.1) is 0 Å². The van der Waals surface area contributed by atoms with Gasteiger partial charge in [0.2, 0.25) is 0 Å². The number of anilines is 1. The van der Waals surface area contributed by atoms with E-state index in [1.807, 2.05) is 0 Å². The summed E-state index contributed by atoms with van der Waals surface area (Å²) in [6.07, 6.45) is -4.62. The number of imide groups is 1. The van der Waals surface area contributed by atoms with E-state index >= 15 is 0 Å². The SMILES string of the molecule is CC1C(=O)N(c2ccccc2C(F)(F)F)C(=O)N1C. The molecule has 0 spiro atoms. The Bertz CT molecular complexity index is 522. The minimum atomic E-state index is -4.62. The number of carbonyl (C=O) groups is 2. The maximum atomic E-state index is 12.9. The molecular formula is C12H11F3N2O2. The fourth-order valence-electron chi connectivity index (χ4n) is 1.90. The Morgan fingerprint density at radius 1 is 1.16 bits per heavy atom. The molecule has 7 heteroatoms. The normalized spacial score (nSPS) is 20.4. The number of hydrogen-bond acceptors (Lipinski definition) is 2. The monoisotopic (exact) mass is 272 g/mol. The summed E-state index contributed by atoms with van der Waals surface area (Å²) < 4.78 is 38.7. The van der Waals surface area contributed by atoms with Gasteiger partial charge in [-0.15, -0.1) is 0 Å². The van der Waals surface area contributed by atoms with Gasteiger partial charge in [-0.3, -0.25) is 4.79 Å². The van der Waals surface area contributed by atoms with Crippen LogP contribution in [0.3, 0.4) is 0 Å². The minimum Gasteiger partial charge on any atom is -0.315 e. The van der Waals surface area contributed by atoms with Crippen LogP contribution in [0.15, 0.2) is 24.3 Å². The van der Waals surface area contributed by atoms with Crippen LogP contribution in [0.25, 0.3) is 0 Å². The van der Waals surface area contributed by atoms with Gasteiger partial charge in [-0.2, -0.15) is 13.2 Å². The molecule has 1 aromatic rings. The lowest BCUT2D eigenvalue weighted by molar-refractivity contribution is -0.137. The van der Waals surface area contributed by atoms with Crippen LogP contribution >= 0.6 is 0 Å². The molecule has 0 saturated carbocycles. The summed E-state index contributed by atoms with van der Waals surface area (Å²) in [5.74, 6) is -0.663. The lowest BCUT2D eigenvalue weighted by Gasteiger charge is -2.19. The quantitative estimate of drug-likeness (QED) is 0.737. The van der Waals surface area contributed by atoms with Gasteiger partial charge in [-0.1, -0.05) is 12.1 Å². The highest BCUT2D eigenvalue weighted by Crippen LogP contribution is 2.38. The molecule has 102 valence electrons. The Labute approximate surface area is 107 Å². The molecule has 0 aliphatic carbocycles. The van der Waals surface area contributed by atoms with E-state index < -0.39 is 35.4 Å². The summed E-state index contributed by atoms with van der Waals surface area (Å²) >= 11 is 0. The first kappa shape index (κ1) is 13.4. The molecule has 4 nitrogen and oxygen atoms in total. The highest BCUT2D eigenvalue weighted by atomic mass is 19.4. The molecule has 1 heterocycles. The standard InChI is InChI=1S/C12H11F3N2O2/c1-7-10(18)17(11(19)16(7)2)9-6-4-3-5-8(9)12(13,14)15/h3-7H,1-2H3. The van der Waals surface area contributed by atoms with Gasteiger partial charge < -0.3 is 4.90 Å². The Hall–Kier alpha value is -2.05. The van der Waals surface area contributed by atoms with Crippen LogP contribution in [0.4, 0.5) is 23.7 Å². The van der Waals surface area contributed by atoms with Gasteiger partial charge in [0.15, 0.2) is 0 Å². The van der Waals surface area contributed by atoms with Crippen molar-refractivity contribution in [2.24, 2.45) is 0 Å². The maximum Gasteiger partial charge on any atom is 0.418 e. The maximum absolute atomic E-state index is 12.9. The minimum absolute atomic E-state index is 0.429. The number of amides is 3. The lowest BCUT2D eigenvalue weighted by Crippen LogP contribution is -2.33. The first-order chi connectivity index (χ1) is 8.75. The fraction of sp³-hybridized carbons (Fsp3) is 0.333. The lowest BCUT2D eigenvalue weighted by atomic mass is 10.1. The van der Waals surface area contributed by atoms with E-state index in [0.717, 1.165) is 17.0 Å². The van der Waals surface area contributed by atoms with Gasteiger partial charge in [-0.05, 0) is 19.1 Å². The number of para-hydroxylation sites is 1. The third kappa shape index (κ3) is 2.05. The molecule has 1 unspecified atom stereocenters. The zero-order chi connectivity index (χ0) is 14.4. The number of urea groups is 1. The number of nitrogens with zero attached hydrogens (tertiary/aromatic N) is 2. The van der Waals surface area contributed by atoms with Gasteiger partial charge in [-0.25, -0.2) is 9.69 Å². The summed E-state index contributed by atoms with van der Waals surface area (Å²) in [5.41, 5.74) is -1.43. The largest absolute Gasteiger partial charge is 0.418 e. The smallest absolute Gasteiger partial charge is 0.315 e. The summed E-state index contributed by atoms with van der Waals surface area (Å²) in [7, 11) is 1.38. The number of alkyl halides is 3. The van der Waals surface area contributed by atoms with Gasteiger partial charge in [0, 0.05) is 7.05 Å². The third-order valence-electron chi connectivity index (χ3n) is 3.10. The summed E-state index contributed by atoms with van der Waals surface area (Å²) in [4.78, 5) is 25.5. The van der Waals surface area contributed by atoms with Gasteiger partial charge >= 0.3 is 12.2 Å². The molecule has 19 heavy (non-hydrogen) atoms. The van der Waals surface area contributed by atoms with E-state index in [0.29, 0.717) is 4.90 Å². The first-order valence-corrected chi connectivity index (χ1v) is 5.52. The van der Waals surface area contributed by atoms with Crippen LogP contribution in [0.5, 0.6) is 0 Å². The van der Waals surface area contributed by atoms with E-state index in [-0.39, 0.29) is 0 Å². The number of hydrogen-bond donors (Lipinski definition) is 0. The van der Waals surface area contributed by atoms with Crippen molar-refractivity contribution >= 4 is 17.6 Å². The second kappa shape index (κ2) is 4.25. The van der Waals surface area contributed by atoms with Crippen molar-refractivity contribution in [3.63, 3.8) is 0 Å². The van der Waals surface area contributed by atoms with E-state index in [9.17, 15) is 22.8 Å². The molecule has 0 N–H and O–H groups in total. The van der Waals surface area contributed by atoms with E-state index in [4.69, 9.17) is 0 Å². The second-order valence-corrected chi connectivity index (χ2v) is 4.26. The van der Waals surface area contributed by atoms with Crippen LogP contribution in [0.1, 0.15) is 12.5 Å². The Kier molecular flexibility index (Phi) is 3.00. The molecule has 1 aliphatic heterocycles. The second-order valence-electron chi connectivity index (χ2n) is 4.26. The first-order valence-electron chi connectivity index (χ1n) is 5.52. The van der Waals surface area contributed by atoms with Gasteiger partial charge in [0.25, 0.3) is 5.91 Å². The number of halogens is 3. The van der Waals surface area contributed by atoms with E-state index in [1.54, 1.807) is 0 Å². The van der Waals surface area contributed by atoms with Crippen LogP contribution in [0.2, 0.25) is 0 Å². The van der Waals surface area contributed by atoms with Crippen molar-refractivity contribution in [1.29, 1.82) is 0 Å². The van der Waals surface area contributed by atoms with Crippen molar-refractivity contribution in [2.45, 2.75) is 19.1 Å². The molecule has 1 fully saturated rings. The molecule has 0 aromatic heterocycles. The zero-order valence-electron chi connectivity index (χ0n) is 10.2. The summed E-state index contributed by atoms with van der Waals surface area (Å²) in [6.45, 7) is 1.47. The van der Waals surface area contributed by atoms with E-state index in [2.05, 4.69) is 0 Å². The van der Waals surface area contributed by atoms with Crippen LogP contribution < -0.4 is 4.90 Å². The molecule has 3 amide bonds. The van der Waals surface area contributed by atoms with Crippen LogP contribution in [-0.4, -0.2) is 29.9 Å². The molecule has 0 bridgehead atoms. The van der Waals surface area contributed by atoms with Crippen molar-refractivity contribution < 1.29 is 22.8 Å². The molecular weight excluding hydrogens is 261 g/mol. The highest BCUT2D eigenvalue weighted by molar-refractivity contribution is 6.21. The average Bonchev–Trinajstić information content (AvgIpc) is 2.53. The average molecular weight is 272 g/mol. The van der Waals surface area contributed by atoms with Crippen molar-refractivity contribution in [1.82, 2.24) is 4.90 Å². The topological polar surface area (TPSA) is 40.6 Å². The van der Waals surface area contributed by atoms with Gasteiger partial charge in [0.1, 0.15) is 6.04 Å². The number of benzene rings is 1. The summed E-state index contributed by atoms with van der Waals surface area (Å²) in [5, 5.41) is 0. The van der Waals surface area contributed by atoms with Gasteiger partial charge in [0.05, 0.1) is 11.3 Å². The Morgan fingerprint density at radius 2 is 1.74 bits per heavy atom. The Morgan fingerprint density at radius 3 is 2.21 bits per heavy atom. The van der Waals surface area contributed by atoms with E-state index in [1.165, 1.54) is 26.1 Å². The number of rotatable bonds is 1. The molecule has 0 radical (unpaired) electrons. The molecule has 1 aliphatic rings. The molecule has 1 aromatic carbocycles. The fourth-order valence-corrected chi connectivity index (χ4v) is 1.90. The van der Waals surface area contributed by atoms with Crippen molar-refractivity contribution in [3.8, 4) is 0 Å². The third-order valence-corrected chi connectivity index (χ3v) is 3.10. The molecule has 2 rings (SSSR count). The van der Waals surface area contributed by atoms with Crippen molar-refractivity contribution in [3.05, 3.63) is 29.8 Å². The zero-order valence-corrected chi connectivity index (χ0v) is 10.2. The summed E-state index contributed by atoms with van der Waals surface area (Å²) in [6, 6.07) is 3.00. The predicted molar refractivity (Wildman–Crippen MR) is 61.6 cm³/mol. The van der Waals surface area contributed by atoms with Crippen LogP contribution in [-0.2, 0) is 11.0 Å².